The highest BCUT2D eigenvalue weighted by molar-refractivity contribution is 5.94. The molecule has 0 aliphatic rings. The van der Waals surface area contributed by atoms with Crippen molar-refractivity contribution in [3.63, 3.8) is 0 Å². The lowest BCUT2D eigenvalue weighted by molar-refractivity contribution is 0.0807. The van der Waals surface area contributed by atoms with E-state index < -0.39 is 11.7 Å². The Morgan fingerprint density at radius 1 is 1.39 bits per heavy atom. The highest BCUT2D eigenvalue weighted by Crippen LogP contribution is 2.34. The van der Waals surface area contributed by atoms with E-state index in [-0.39, 0.29) is 0 Å². The quantitative estimate of drug-likeness (QED) is 0.764. The van der Waals surface area contributed by atoms with Crippen LogP contribution in [0.3, 0.4) is 0 Å². The summed E-state index contributed by atoms with van der Waals surface area (Å²) in [5, 5.41) is 13.8. The van der Waals surface area contributed by atoms with Crippen LogP contribution >= 0.6 is 0 Å². The Morgan fingerprint density at radius 3 is 2.72 bits per heavy atom. The molecule has 1 heterocycles. The zero-order chi connectivity index (χ0) is 13.3. The van der Waals surface area contributed by atoms with E-state index in [9.17, 15) is 9.90 Å². The van der Waals surface area contributed by atoms with Gasteiger partial charge in [0.05, 0.1) is 23.9 Å². The monoisotopic (exact) mass is 248 g/mol. The normalized spacial score (nSPS) is 11.6. The first-order valence-corrected chi connectivity index (χ1v) is 5.61. The fraction of sp³-hybridized carbons (Fsp3) is 0.308. The van der Waals surface area contributed by atoms with E-state index in [1.165, 1.54) is 7.11 Å². The minimum absolute atomic E-state index is 0.532. The van der Waals surface area contributed by atoms with Crippen molar-refractivity contribution in [2.45, 2.75) is 19.4 Å². The van der Waals surface area contributed by atoms with Crippen molar-refractivity contribution >= 4 is 22.7 Å². The molecule has 2 rings (SSSR count). The fourth-order valence-corrected chi connectivity index (χ4v) is 2.03. The third kappa shape index (κ3) is 2.17. The fourth-order valence-electron chi connectivity index (χ4n) is 2.03. The van der Waals surface area contributed by atoms with Crippen LogP contribution in [0.1, 0.15) is 19.4 Å². The van der Waals surface area contributed by atoms with E-state index in [0.717, 1.165) is 10.9 Å². The van der Waals surface area contributed by atoms with E-state index in [1.54, 1.807) is 26.1 Å². The molecule has 0 spiro atoms. The number of carbonyl (C=O) groups is 1. The number of aliphatic hydroxyl groups is 1. The van der Waals surface area contributed by atoms with Crippen LogP contribution in [-0.4, -0.2) is 23.3 Å². The predicted molar refractivity (Wildman–Crippen MR) is 69.6 cm³/mol. The van der Waals surface area contributed by atoms with Crippen LogP contribution in [0, 0.1) is 0 Å². The average molecular weight is 248 g/mol. The molecule has 1 aromatic heterocycles. The van der Waals surface area contributed by atoms with Gasteiger partial charge in [0.1, 0.15) is 0 Å². The summed E-state index contributed by atoms with van der Waals surface area (Å²) in [5.41, 5.74) is 0.886. The van der Waals surface area contributed by atoms with Crippen molar-refractivity contribution in [2.24, 2.45) is 0 Å². The Morgan fingerprint density at radius 2 is 2.11 bits per heavy atom. The van der Waals surface area contributed by atoms with E-state index in [0.29, 0.717) is 11.3 Å². The number of rotatable bonds is 2. The standard InChI is InChI=1S/C13H16N2O3/c1-13(2,17)10-9(15-12(16)18-3)5-4-8-6-7-14-11(8)10/h4-7,14,17H,1-3H3,(H,15,16). The Hall–Kier alpha value is -2.01. The van der Waals surface area contributed by atoms with Crippen molar-refractivity contribution < 1.29 is 14.6 Å². The molecule has 0 radical (unpaired) electrons. The van der Waals surface area contributed by atoms with Gasteiger partial charge in [0.2, 0.25) is 0 Å². The van der Waals surface area contributed by atoms with E-state index in [4.69, 9.17) is 0 Å². The van der Waals surface area contributed by atoms with E-state index >= 15 is 0 Å². The maximum Gasteiger partial charge on any atom is 0.411 e. The second-order valence-electron chi connectivity index (χ2n) is 4.61. The first kappa shape index (κ1) is 12.4. The minimum Gasteiger partial charge on any atom is -0.453 e. The average Bonchev–Trinajstić information content (AvgIpc) is 2.74. The number of amides is 1. The predicted octanol–water partition coefficient (Wildman–Crippen LogP) is 2.57. The number of methoxy groups -OCH3 is 1. The van der Waals surface area contributed by atoms with Gasteiger partial charge in [-0.25, -0.2) is 4.79 Å². The van der Waals surface area contributed by atoms with Crippen molar-refractivity contribution in [1.82, 2.24) is 4.98 Å². The Bertz CT molecular complexity index is 581. The van der Waals surface area contributed by atoms with Crippen LogP contribution in [0.2, 0.25) is 0 Å². The molecule has 1 aromatic carbocycles. The lowest BCUT2D eigenvalue weighted by Crippen LogP contribution is -2.21. The van der Waals surface area contributed by atoms with Crippen LogP contribution in [-0.2, 0) is 10.3 Å². The van der Waals surface area contributed by atoms with Crippen molar-refractivity contribution in [2.75, 3.05) is 12.4 Å². The molecule has 96 valence electrons. The molecule has 0 aliphatic carbocycles. The maximum absolute atomic E-state index is 11.3. The summed E-state index contributed by atoms with van der Waals surface area (Å²) in [7, 11) is 1.30. The number of ether oxygens (including phenoxy) is 1. The van der Waals surface area contributed by atoms with Crippen LogP contribution < -0.4 is 5.32 Å². The molecule has 0 fully saturated rings. The molecule has 0 saturated heterocycles. The van der Waals surface area contributed by atoms with E-state index in [2.05, 4.69) is 15.0 Å². The summed E-state index contributed by atoms with van der Waals surface area (Å²) in [6.45, 7) is 3.34. The highest BCUT2D eigenvalue weighted by atomic mass is 16.5. The molecule has 0 aliphatic heterocycles. The molecule has 2 aromatic rings. The molecule has 3 N–H and O–H groups in total. The molecule has 0 saturated carbocycles. The van der Waals surface area contributed by atoms with Gasteiger partial charge in [-0.15, -0.1) is 0 Å². The molecule has 18 heavy (non-hydrogen) atoms. The molecular weight excluding hydrogens is 232 g/mol. The second kappa shape index (κ2) is 4.34. The van der Waals surface area contributed by atoms with Gasteiger partial charge >= 0.3 is 6.09 Å². The zero-order valence-electron chi connectivity index (χ0n) is 10.6. The Kier molecular flexibility index (Phi) is 3.00. The summed E-state index contributed by atoms with van der Waals surface area (Å²) in [6.07, 6.45) is 1.23. The van der Waals surface area contributed by atoms with Gasteiger partial charge in [-0.3, -0.25) is 5.32 Å². The van der Waals surface area contributed by atoms with E-state index in [1.807, 2.05) is 12.1 Å². The lowest BCUT2D eigenvalue weighted by atomic mass is 9.94. The number of benzene rings is 1. The number of fused-ring (bicyclic) bond motifs is 1. The van der Waals surface area contributed by atoms with Crippen LogP contribution in [0.4, 0.5) is 10.5 Å². The van der Waals surface area contributed by atoms with Crippen molar-refractivity contribution in [1.29, 1.82) is 0 Å². The number of H-pyrrole nitrogens is 1. The SMILES string of the molecule is COC(=O)Nc1ccc2cc[nH]c2c1C(C)(C)O. The van der Waals surface area contributed by atoms with Gasteiger partial charge in [-0.2, -0.15) is 0 Å². The van der Waals surface area contributed by atoms with Gasteiger partial charge in [0.25, 0.3) is 0 Å². The van der Waals surface area contributed by atoms with Crippen LogP contribution in [0.25, 0.3) is 10.9 Å². The van der Waals surface area contributed by atoms with Gasteiger partial charge in [0.15, 0.2) is 0 Å². The summed E-state index contributed by atoms with van der Waals surface area (Å²) in [6, 6.07) is 5.53. The maximum atomic E-state index is 11.3. The smallest absolute Gasteiger partial charge is 0.411 e. The third-order valence-electron chi connectivity index (χ3n) is 2.76. The Balaban J connectivity index is 2.61. The summed E-state index contributed by atoms with van der Waals surface area (Å²) in [4.78, 5) is 14.4. The zero-order valence-corrected chi connectivity index (χ0v) is 10.6. The summed E-state index contributed by atoms with van der Waals surface area (Å²) >= 11 is 0. The molecular formula is C13H16N2O3. The lowest BCUT2D eigenvalue weighted by Gasteiger charge is -2.22. The van der Waals surface area contributed by atoms with Gasteiger partial charge < -0.3 is 14.8 Å². The number of hydrogen-bond acceptors (Lipinski definition) is 3. The first-order valence-electron chi connectivity index (χ1n) is 5.61. The largest absolute Gasteiger partial charge is 0.453 e. The van der Waals surface area contributed by atoms with Gasteiger partial charge in [-0.05, 0) is 31.4 Å². The first-order chi connectivity index (χ1) is 8.43. The summed E-state index contributed by atoms with van der Waals surface area (Å²) in [5.74, 6) is 0. The highest BCUT2D eigenvalue weighted by Gasteiger charge is 2.24. The van der Waals surface area contributed by atoms with Gasteiger partial charge in [-0.1, -0.05) is 6.07 Å². The van der Waals surface area contributed by atoms with Gasteiger partial charge in [0, 0.05) is 11.8 Å². The molecule has 0 atom stereocenters. The topological polar surface area (TPSA) is 74.3 Å². The van der Waals surface area contributed by atoms with Crippen molar-refractivity contribution in [3.05, 3.63) is 30.0 Å². The summed E-state index contributed by atoms with van der Waals surface area (Å²) < 4.78 is 4.57. The molecule has 0 unspecified atom stereocenters. The number of anilines is 1. The molecule has 5 nitrogen and oxygen atoms in total. The molecule has 5 heteroatoms. The number of aromatic nitrogens is 1. The second-order valence-corrected chi connectivity index (χ2v) is 4.61. The minimum atomic E-state index is -1.08. The number of aromatic amines is 1. The number of carbonyl (C=O) groups excluding carboxylic acids is 1. The molecule has 0 bridgehead atoms. The van der Waals surface area contributed by atoms with Crippen molar-refractivity contribution in [3.8, 4) is 0 Å². The Labute approximate surface area is 105 Å². The van der Waals surface area contributed by atoms with Crippen LogP contribution in [0.15, 0.2) is 24.4 Å². The third-order valence-corrected chi connectivity index (χ3v) is 2.76. The molecule has 1 amide bonds. The van der Waals surface area contributed by atoms with Crippen LogP contribution in [0.5, 0.6) is 0 Å². The number of nitrogens with one attached hydrogen (secondary N) is 2. The number of hydrogen-bond donors (Lipinski definition) is 3.